The van der Waals surface area contributed by atoms with Gasteiger partial charge in [-0.2, -0.15) is 4.98 Å². The normalized spacial score (nSPS) is 10.9. The van der Waals surface area contributed by atoms with Crippen LogP contribution < -0.4 is 5.32 Å². The van der Waals surface area contributed by atoms with Crippen molar-refractivity contribution in [2.24, 2.45) is 0 Å². The lowest BCUT2D eigenvalue weighted by Crippen LogP contribution is -2.21. The van der Waals surface area contributed by atoms with Gasteiger partial charge in [-0.3, -0.25) is 4.79 Å². The van der Waals surface area contributed by atoms with E-state index in [-0.39, 0.29) is 11.7 Å². The predicted molar refractivity (Wildman–Crippen MR) is 119 cm³/mol. The Bertz CT molecular complexity index is 1200. The summed E-state index contributed by atoms with van der Waals surface area (Å²) in [5.74, 6) is 0.0535. The van der Waals surface area contributed by atoms with Gasteiger partial charge in [-0.05, 0) is 70.6 Å². The quantitative estimate of drug-likeness (QED) is 0.416. The van der Waals surface area contributed by atoms with E-state index in [4.69, 9.17) is 0 Å². The van der Waals surface area contributed by atoms with Crippen molar-refractivity contribution in [3.63, 3.8) is 0 Å². The molecule has 8 heteroatoms. The van der Waals surface area contributed by atoms with Gasteiger partial charge >= 0.3 is 0 Å². The van der Waals surface area contributed by atoms with Gasteiger partial charge < -0.3 is 10.2 Å². The van der Waals surface area contributed by atoms with E-state index in [9.17, 15) is 9.18 Å². The molecule has 0 fully saturated rings. The largest absolute Gasteiger partial charge is 0.345 e. The predicted octanol–water partition coefficient (Wildman–Crippen LogP) is 4.59. The maximum absolute atomic E-state index is 13.7. The number of pyridine rings is 1. The van der Waals surface area contributed by atoms with Crippen molar-refractivity contribution in [1.82, 2.24) is 19.5 Å². The SMILES string of the molecule is CN(C)C(=O)c1ccc(Nc2nc3c(-c4cccc(F)c4)cc(I)cn3n2)cc1. The molecule has 2 heterocycles. The van der Waals surface area contributed by atoms with E-state index in [1.165, 1.54) is 17.0 Å². The van der Waals surface area contributed by atoms with E-state index in [1.807, 2.05) is 18.3 Å². The molecule has 0 aliphatic carbocycles. The van der Waals surface area contributed by atoms with Crippen molar-refractivity contribution in [2.45, 2.75) is 0 Å². The van der Waals surface area contributed by atoms with E-state index < -0.39 is 0 Å². The maximum Gasteiger partial charge on any atom is 0.253 e. The first-order valence-corrected chi connectivity index (χ1v) is 9.89. The molecule has 4 rings (SSSR count). The van der Waals surface area contributed by atoms with Gasteiger partial charge in [0.25, 0.3) is 5.91 Å². The third kappa shape index (κ3) is 4.07. The van der Waals surface area contributed by atoms with Gasteiger partial charge in [0.15, 0.2) is 5.65 Å². The number of anilines is 2. The highest BCUT2D eigenvalue weighted by molar-refractivity contribution is 14.1. The number of nitrogens with zero attached hydrogens (tertiary/aromatic N) is 4. The van der Waals surface area contributed by atoms with Crippen LogP contribution >= 0.6 is 22.6 Å². The Balaban J connectivity index is 1.68. The van der Waals surface area contributed by atoms with Gasteiger partial charge in [0.05, 0.1) is 0 Å². The number of hydrogen-bond acceptors (Lipinski definition) is 4. The second-order valence-electron chi connectivity index (χ2n) is 6.69. The Kier molecular flexibility index (Phi) is 5.18. The Morgan fingerprint density at radius 1 is 1.14 bits per heavy atom. The molecule has 4 aromatic rings. The van der Waals surface area contributed by atoms with Crippen molar-refractivity contribution in [3.05, 3.63) is 75.7 Å². The van der Waals surface area contributed by atoms with Crippen LogP contribution in [0.15, 0.2) is 60.8 Å². The fourth-order valence-corrected chi connectivity index (χ4v) is 3.53. The highest BCUT2D eigenvalue weighted by Crippen LogP contribution is 2.27. The lowest BCUT2D eigenvalue weighted by atomic mass is 10.1. The van der Waals surface area contributed by atoms with Crippen molar-refractivity contribution < 1.29 is 9.18 Å². The molecule has 0 bridgehead atoms. The molecule has 0 aliphatic heterocycles. The average molecular weight is 501 g/mol. The van der Waals surface area contributed by atoms with Crippen LogP contribution in [0.4, 0.5) is 16.0 Å². The molecule has 29 heavy (non-hydrogen) atoms. The minimum Gasteiger partial charge on any atom is -0.345 e. The first-order chi connectivity index (χ1) is 13.9. The molecule has 0 saturated carbocycles. The fourth-order valence-electron chi connectivity index (χ4n) is 2.96. The molecule has 1 amide bonds. The van der Waals surface area contributed by atoms with Gasteiger partial charge in [-0.1, -0.05) is 12.1 Å². The molecule has 146 valence electrons. The van der Waals surface area contributed by atoms with Crippen LogP contribution in [0.5, 0.6) is 0 Å². The summed E-state index contributed by atoms with van der Waals surface area (Å²) in [6.45, 7) is 0. The van der Waals surface area contributed by atoms with E-state index >= 15 is 0 Å². The number of carbonyl (C=O) groups is 1. The fraction of sp³-hybridized carbons (Fsp3) is 0.0952. The Morgan fingerprint density at radius 3 is 2.59 bits per heavy atom. The molecule has 6 nitrogen and oxygen atoms in total. The number of nitrogens with one attached hydrogen (secondary N) is 1. The molecule has 0 aliphatic rings. The second kappa shape index (κ2) is 7.78. The zero-order chi connectivity index (χ0) is 20.5. The number of benzene rings is 2. The first kappa shape index (κ1) is 19.3. The molecule has 2 aromatic heterocycles. The molecular formula is C21H17FIN5O. The van der Waals surface area contributed by atoms with Crippen molar-refractivity contribution in [3.8, 4) is 11.1 Å². The molecule has 2 aromatic carbocycles. The number of fused-ring (bicyclic) bond motifs is 1. The maximum atomic E-state index is 13.7. The van der Waals surface area contributed by atoms with Gasteiger partial charge in [-0.15, -0.1) is 5.10 Å². The van der Waals surface area contributed by atoms with Gasteiger partial charge in [0.2, 0.25) is 5.95 Å². The second-order valence-corrected chi connectivity index (χ2v) is 7.93. The molecule has 0 spiro atoms. The number of halogens is 2. The van der Waals surface area contributed by atoms with E-state index in [0.717, 1.165) is 20.4 Å². The van der Waals surface area contributed by atoms with Crippen LogP contribution in [0.3, 0.4) is 0 Å². The van der Waals surface area contributed by atoms with Crippen LogP contribution in [0.2, 0.25) is 0 Å². The van der Waals surface area contributed by atoms with Crippen LogP contribution in [0.1, 0.15) is 10.4 Å². The number of rotatable bonds is 4. The topological polar surface area (TPSA) is 62.5 Å². The van der Waals surface area contributed by atoms with E-state index in [1.54, 1.807) is 48.9 Å². The highest BCUT2D eigenvalue weighted by atomic mass is 127. The van der Waals surface area contributed by atoms with Gasteiger partial charge in [-0.25, -0.2) is 8.91 Å². The third-order valence-corrected chi connectivity index (χ3v) is 4.92. The van der Waals surface area contributed by atoms with Crippen LogP contribution in [0.25, 0.3) is 16.8 Å². The number of aromatic nitrogens is 3. The summed E-state index contributed by atoms with van der Waals surface area (Å²) in [7, 11) is 3.43. The summed E-state index contributed by atoms with van der Waals surface area (Å²) in [4.78, 5) is 18.1. The van der Waals surface area contributed by atoms with Gasteiger partial charge in [0, 0.05) is 40.7 Å². The highest BCUT2D eigenvalue weighted by Gasteiger charge is 2.13. The van der Waals surface area contributed by atoms with Crippen LogP contribution in [0, 0.1) is 9.39 Å². The molecular weight excluding hydrogens is 484 g/mol. The van der Waals surface area contributed by atoms with Crippen molar-refractivity contribution in [2.75, 3.05) is 19.4 Å². The third-order valence-electron chi connectivity index (χ3n) is 4.33. The molecule has 0 unspecified atom stereocenters. The summed E-state index contributed by atoms with van der Waals surface area (Å²) >= 11 is 2.20. The van der Waals surface area contributed by atoms with Crippen molar-refractivity contribution >= 4 is 45.8 Å². The molecule has 0 radical (unpaired) electrons. The molecule has 0 saturated heterocycles. The van der Waals surface area contributed by atoms with Crippen LogP contribution in [-0.4, -0.2) is 39.5 Å². The minimum atomic E-state index is -0.301. The average Bonchev–Trinajstić information content (AvgIpc) is 3.09. The van der Waals surface area contributed by atoms with E-state index in [2.05, 4.69) is 38.0 Å². The number of hydrogen-bond donors (Lipinski definition) is 1. The number of amides is 1. The summed E-state index contributed by atoms with van der Waals surface area (Å²) in [5.41, 5.74) is 3.52. The zero-order valence-electron chi connectivity index (χ0n) is 15.7. The molecule has 0 atom stereocenters. The van der Waals surface area contributed by atoms with Gasteiger partial charge in [0.1, 0.15) is 5.82 Å². The summed E-state index contributed by atoms with van der Waals surface area (Å²) in [6, 6.07) is 15.5. The Hall–Kier alpha value is -3.01. The van der Waals surface area contributed by atoms with Crippen LogP contribution in [-0.2, 0) is 0 Å². The summed E-state index contributed by atoms with van der Waals surface area (Å²) < 4.78 is 16.3. The van der Waals surface area contributed by atoms with E-state index in [0.29, 0.717) is 17.2 Å². The minimum absolute atomic E-state index is 0.0586. The monoisotopic (exact) mass is 501 g/mol. The molecule has 1 N–H and O–H groups in total. The zero-order valence-corrected chi connectivity index (χ0v) is 17.9. The lowest BCUT2D eigenvalue weighted by Gasteiger charge is -2.10. The smallest absolute Gasteiger partial charge is 0.253 e. The van der Waals surface area contributed by atoms with Crippen molar-refractivity contribution in [1.29, 1.82) is 0 Å². The Morgan fingerprint density at radius 2 is 1.90 bits per heavy atom. The standard InChI is InChI=1S/C21H17FIN5O/c1-27(2)20(29)13-6-8-17(9-7-13)24-21-25-19-18(11-16(23)12-28(19)26-21)14-4-3-5-15(22)10-14/h3-12H,1-2H3,(H,24,26). The number of carbonyl (C=O) groups excluding carboxylic acids is 1. The summed E-state index contributed by atoms with van der Waals surface area (Å²) in [6.07, 6.45) is 1.86. The Labute approximate surface area is 180 Å². The lowest BCUT2D eigenvalue weighted by molar-refractivity contribution is 0.0827. The first-order valence-electron chi connectivity index (χ1n) is 8.81. The summed E-state index contributed by atoms with van der Waals surface area (Å²) in [5, 5.41) is 7.64.